The molecule has 0 aromatic heterocycles. The van der Waals surface area contributed by atoms with Gasteiger partial charge in [0, 0.05) is 6.42 Å². The second-order valence-corrected chi connectivity index (χ2v) is 21.6. The Morgan fingerprint density at radius 1 is 0.392 bits per heavy atom. The first kappa shape index (κ1) is 74.4. The van der Waals surface area contributed by atoms with Gasteiger partial charge in [0.25, 0.3) is 0 Å². The summed E-state index contributed by atoms with van der Waals surface area (Å²) in [5, 5.41) is 11.8. The molecule has 9 nitrogen and oxygen atoms in total. The minimum absolute atomic E-state index is 0.0558. The van der Waals surface area contributed by atoms with Crippen LogP contribution in [0.25, 0.3) is 0 Å². The van der Waals surface area contributed by atoms with Crippen LogP contribution in [0.1, 0.15) is 232 Å². The summed E-state index contributed by atoms with van der Waals surface area (Å²) in [7, 11) is 5.89. The lowest BCUT2D eigenvalue weighted by Crippen LogP contribution is -2.44. The number of allylic oxidation sites excluding steroid dienone is 21. The third-order valence-corrected chi connectivity index (χ3v) is 12.9. The van der Waals surface area contributed by atoms with Crippen LogP contribution >= 0.6 is 0 Å². The molecule has 0 rings (SSSR count). The number of carboxylic acid groups (broad SMARTS) is 1. The number of hydrogen-bond donors (Lipinski definition) is 0. The van der Waals surface area contributed by atoms with E-state index in [0.29, 0.717) is 23.9 Å². The van der Waals surface area contributed by atoms with Crippen molar-refractivity contribution in [3.8, 4) is 0 Å². The van der Waals surface area contributed by atoms with Crippen molar-refractivity contribution in [2.75, 3.05) is 47.5 Å². The van der Waals surface area contributed by atoms with Gasteiger partial charge in [0.05, 0.1) is 46.7 Å². The number of nitrogens with zero attached hydrogens (tertiary/aromatic N) is 1. The Hall–Kier alpha value is -4.57. The topological polar surface area (TPSA) is 111 Å². The monoisotopic (exact) mass is 1100 g/mol. The largest absolute Gasteiger partial charge is 0.545 e. The maximum Gasteiger partial charge on any atom is 0.309 e. The van der Waals surface area contributed by atoms with Gasteiger partial charge in [-0.25, -0.2) is 0 Å². The van der Waals surface area contributed by atoms with Gasteiger partial charge in [-0.3, -0.25) is 9.59 Å². The van der Waals surface area contributed by atoms with Crippen molar-refractivity contribution in [1.82, 2.24) is 0 Å². The number of carboxylic acids is 1. The summed E-state index contributed by atoms with van der Waals surface area (Å²) in [4.78, 5) is 37.2. The van der Waals surface area contributed by atoms with Gasteiger partial charge in [-0.1, -0.05) is 263 Å². The van der Waals surface area contributed by atoms with Gasteiger partial charge in [0.1, 0.15) is 13.2 Å². The van der Waals surface area contributed by atoms with E-state index in [0.717, 1.165) is 83.5 Å². The van der Waals surface area contributed by atoms with Crippen LogP contribution in [0.5, 0.6) is 0 Å². The molecule has 0 amide bonds. The third-order valence-electron chi connectivity index (χ3n) is 12.9. The Morgan fingerprint density at radius 2 is 0.722 bits per heavy atom. The number of hydrogen-bond acceptors (Lipinski definition) is 8. The number of ether oxygens (including phenoxy) is 4. The number of rotatable bonds is 56. The summed E-state index contributed by atoms with van der Waals surface area (Å²) in [5.41, 5.74) is 0. The molecular formula is C70H115NO8. The van der Waals surface area contributed by atoms with Gasteiger partial charge in [-0.05, 0) is 89.9 Å². The van der Waals surface area contributed by atoms with Crippen LogP contribution in [-0.4, -0.2) is 82.3 Å². The smallest absolute Gasteiger partial charge is 0.309 e. The van der Waals surface area contributed by atoms with Crippen LogP contribution in [0.15, 0.2) is 134 Å². The van der Waals surface area contributed by atoms with Crippen LogP contribution in [0, 0.1) is 0 Å². The Kier molecular flexibility index (Phi) is 56.1. The molecule has 0 aliphatic rings. The van der Waals surface area contributed by atoms with Gasteiger partial charge in [0.15, 0.2) is 12.4 Å². The maximum absolute atomic E-state index is 12.9. The molecule has 0 spiro atoms. The quantitative estimate of drug-likeness (QED) is 0.0195. The Bertz CT molecular complexity index is 1750. The van der Waals surface area contributed by atoms with E-state index >= 15 is 0 Å². The fraction of sp³-hybridized carbons (Fsp3) is 0.643. The lowest BCUT2D eigenvalue weighted by molar-refractivity contribution is -0.870. The zero-order valence-electron chi connectivity index (χ0n) is 50.9. The number of likely N-dealkylation sites (N-methyl/N-ethyl adjacent to an activating group) is 1. The van der Waals surface area contributed by atoms with Crippen LogP contribution in [-0.2, 0) is 33.3 Å². The molecule has 0 heterocycles. The summed E-state index contributed by atoms with van der Waals surface area (Å²) >= 11 is 0. The average Bonchev–Trinajstić information content (AvgIpc) is 3.42. The van der Waals surface area contributed by atoms with E-state index in [4.69, 9.17) is 18.9 Å². The van der Waals surface area contributed by atoms with Gasteiger partial charge >= 0.3 is 11.9 Å². The molecule has 0 aromatic rings. The summed E-state index contributed by atoms with van der Waals surface area (Å²) in [6, 6.07) is 0. The number of esters is 2. The minimum atomic E-state index is -1.65. The van der Waals surface area contributed by atoms with E-state index < -0.39 is 30.3 Å². The van der Waals surface area contributed by atoms with Crippen molar-refractivity contribution in [3.63, 3.8) is 0 Å². The molecular weight excluding hydrogens is 983 g/mol. The van der Waals surface area contributed by atoms with Crippen molar-refractivity contribution in [2.24, 2.45) is 0 Å². The van der Waals surface area contributed by atoms with Gasteiger partial charge in [-0.15, -0.1) is 0 Å². The molecule has 9 heteroatoms. The summed E-state index contributed by atoms with van der Waals surface area (Å²) in [5.74, 6) is -2.45. The van der Waals surface area contributed by atoms with Crippen molar-refractivity contribution in [1.29, 1.82) is 0 Å². The fourth-order valence-corrected chi connectivity index (χ4v) is 8.20. The standard InChI is InChI=1S/C70H115NO8/c1-6-8-10-12-14-16-18-20-22-23-24-25-26-27-28-29-30-31-32-33-34-35-36-37-38-39-40-41-42-43-44-45-47-49-51-53-55-57-59-61-68(73)79-66(65-78-70(69(74)75)76-63-62-71(3,4)5)64-77-67(72)60-58-56-54-52-50-48-46-21-19-17-15-13-11-9-7-2/h8-11,14-17,20-22,24-25,27-28,30-31,46,50,52,56,58,66,70H,6-7,12-13,18-19,23,26,29,32-45,47-49,51,53-55,57,59-65H2,1-5H3/b10-8-,11-9-,16-14-,17-15-,22-20-,25-24-,28-27-,31-30-,46-21-,52-50-,58-56-. The molecule has 0 saturated carbocycles. The fourth-order valence-electron chi connectivity index (χ4n) is 8.20. The Labute approximate surface area is 484 Å². The highest BCUT2D eigenvalue weighted by Gasteiger charge is 2.21. The van der Waals surface area contributed by atoms with Crippen molar-refractivity contribution < 1.29 is 42.9 Å². The van der Waals surface area contributed by atoms with E-state index in [-0.39, 0.29) is 32.7 Å². The molecule has 79 heavy (non-hydrogen) atoms. The van der Waals surface area contributed by atoms with Gasteiger partial charge in [-0.2, -0.15) is 0 Å². The zero-order chi connectivity index (χ0) is 57.6. The zero-order valence-corrected chi connectivity index (χ0v) is 50.9. The molecule has 0 saturated heterocycles. The van der Waals surface area contributed by atoms with Gasteiger partial charge < -0.3 is 33.3 Å². The molecule has 0 aromatic carbocycles. The summed E-state index contributed by atoms with van der Waals surface area (Å²) in [6.45, 7) is 4.40. The van der Waals surface area contributed by atoms with E-state index in [1.165, 1.54) is 109 Å². The first-order chi connectivity index (χ1) is 38.6. The van der Waals surface area contributed by atoms with E-state index in [1.807, 2.05) is 33.3 Å². The van der Waals surface area contributed by atoms with Gasteiger partial charge in [0.2, 0.25) is 0 Å². The number of carbonyl (C=O) groups is 3. The third kappa shape index (κ3) is 60.9. The average molecular weight is 1100 g/mol. The second kappa shape index (κ2) is 59.5. The number of aliphatic carboxylic acids is 1. The van der Waals surface area contributed by atoms with Crippen molar-refractivity contribution >= 4 is 17.9 Å². The number of unbranched alkanes of at least 4 members (excludes halogenated alkanes) is 20. The van der Waals surface area contributed by atoms with E-state index in [1.54, 1.807) is 6.08 Å². The lowest BCUT2D eigenvalue weighted by Gasteiger charge is -2.26. The highest BCUT2D eigenvalue weighted by molar-refractivity contribution is 5.71. The van der Waals surface area contributed by atoms with Crippen LogP contribution in [0.4, 0.5) is 0 Å². The molecule has 0 aliphatic carbocycles. The Balaban J connectivity index is 4.08. The number of carbonyl (C=O) groups excluding carboxylic acids is 3. The Morgan fingerprint density at radius 3 is 1.08 bits per heavy atom. The normalized spacial score (nSPS) is 13.7. The maximum atomic E-state index is 12.9. The molecule has 0 N–H and O–H groups in total. The first-order valence-electron chi connectivity index (χ1n) is 31.3. The predicted octanol–water partition coefficient (Wildman–Crippen LogP) is 17.7. The predicted molar refractivity (Wildman–Crippen MR) is 333 cm³/mol. The summed E-state index contributed by atoms with van der Waals surface area (Å²) < 4.78 is 22.5. The SMILES string of the molecule is CC/C=C\C/C=C\C/C=C\C/C=C\C/C=C\C/C=C\CCCCCCCCCCCCCCCCCCCCCCC(=O)OC(COC(=O)C/C=C\C/C=C\C/C=C\C/C=C\C/C=C\CC)COC(OCC[N+](C)(C)C)C(=O)[O-]. The number of quaternary nitrogens is 1. The molecule has 0 radical (unpaired) electrons. The molecule has 448 valence electrons. The summed E-state index contributed by atoms with van der Waals surface area (Å²) in [6.07, 6.45) is 82.8. The molecule has 2 atom stereocenters. The van der Waals surface area contributed by atoms with E-state index in [2.05, 4.69) is 129 Å². The van der Waals surface area contributed by atoms with Crippen LogP contribution in [0.3, 0.4) is 0 Å². The minimum Gasteiger partial charge on any atom is -0.545 e. The molecule has 2 unspecified atom stereocenters. The highest BCUT2D eigenvalue weighted by Crippen LogP contribution is 2.16. The molecule has 0 bridgehead atoms. The van der Waals surface area contributed by atoms with Crippen molar-refractivity contribution in [3.05, 3.63) is 134 Å². The van der Waals surface area contributed by atoms with Crippen LogP contribution < -0.4 is 5.11 Å². The highest BCUT2D eigenvalue weighted by atomic mass is 16.7. The molecule has 0 fully saturated rings. The van der Waals surface area contributed by atoms with Crippen molar-refractivity contribution in [2.45, 2.75) is 245 Å². The first-order valence-corrected chi connectivity index (χ1v) is 31.3. The lowest BCUT2D eigenvalue weighted by atomic mass is 10.0. The van der Waals surface area contributed by atoms with E-state index in [9.17, 15) is 19.5 Å². The van der Waals surface area contributed by atoms with Crippen LogP contribution in [0.2, 0.25) is 0 Å². The molecule has 0 aliphatic heterocycles. The second-order valence-electron chi connectivity index (χ2n) is 21.6.